The van der Waals surface area contributed by atoms with Crippen LogP contribution in [0, 0.1) is 0 Å². The van der Waals surface area contributed by atoms with E-state index in [1.165, 1.54) is 0 Å². The lowest BCUT2D eigenvalue weighted by molar-refractivity contribution is -0.132. The Morgan fingerprint density at radius 2 is 1.81 bits per heavy atom. The largest absolute Gasteiger partial charge is 0.493 e. The summed E-state index contributed by atoms with van der Waals surface area (Å²) in [5.41, 5.74) is 12.3. The summed E-state index contributed by atoms with van der Waals surface area (Å²) in [5, 5.41) is 0. The van der Waals surface area contributed by atoms with E-state index in [0.29, 0.717) is 30.9 Å². The molecule has 2 aromatic carbocycles. The van der Waals surface area contributed by atoms with Gasteiger partial charge in [0.25, 0.3) is 0 Å². The Hall–Kier alpha value is -2.86. The molecule has 0 bridgehead atoms. The van der Waals surface area contributed by atoms with Crippen LogP contribution in [0.5, 0.6) is 5.75 Å². The Labute approximate surface area is 153 Å². The molecule has 2 aromatic rings. The van der Waals surface area contributed by atoms with Crippen LogP contribution in [0.15, 0.2) is 54.6 Å². The third kappa shape index (κ3) is 6.22. The molecule has 0 aliphatic rings. The highest BCUT2D eigenvalue weighted by molar-refractivity contribution is 5.93. The van der Waals surface area contributed by atoms with Gasteiger partial charge in [-0.2, -0.15) is 0 Å². The van der Waals surface area contributed by atoms with Crippen LogP contribution in [-0.2, 0) is 11.3 Å². The van der Waals surface area contributed by atoms with Gasteiger partial charge in [-0.1, -0.05) is 36.4 Å². The van der Waals surface area contributed by atoms with Crippen LogP contribution >= 0.6 is 0 Å². The molecule has 0 fully saturated rings. The Kier molecular flexibility index (Phi) is 7.64. The molecule has 0 aliphatic heterocycles. The molecule has 0 saturated heterocycles. The summed E-state index contributed by atoms with van der Waals surface area (Å²) >= 11 is 0. The van der Waals surface area contributed by atoms with Gasteiger partial charge in [0.1, 0.15) is 5.75 Å². The first kappa shape index (κ1) is 19.5. The number of hydrogen-bond donors (Lipinski definition) is 2. The molecule has 0 saturated carbocycles. The van der Waals surface area contributed by atoms with Crippen LogP contribution in [-0.4, -0.2) is 36.4 Å². The normalized spacial score (nSPS) is 10.3. The van der Waals surface area contributed by atoms with Crippen molar-refractivity contribution in [3.63, 3.8) is 0 Å². The first-order valence-corrected chi connectivity index (χ1v) is 8.64. The number of amides is 2. The van der Waals surface area contributed by atoms with Crippen LogP contribution < -0.4 is 16.2 Å². The number of primary amides is 1. The SMILES string of the molecule is NCCCN(Cc1ccccc1)C(=O)CCOc1cccc(C(N)=O)c1. The van der Waals surface area contributed by atoms with E-state index in [4.69, 9.17) is 16.2 Å². The van der Waals surface area contributed by atoms with Crippen molar-refractivity contribution in [3.8, 4) is 5.75 Å². The Bertz CT molecular complexity index is 719. The molecule has 26 heavy (non-hydrogen) atoms. The zero-order valence-corrected chi connectivity index (χ0v) is 14.8. The minimum Gasteiger partial charge on any atom is -0.493 e. The molecule has 0 heterocycles. The van der Waals surface area contributed by atoms with E-state index in [1.807, 2.05) is 30.3 Å². The van der Waals surface area contributed by atoms with Crippen molar-refractivity contribution in [2.24, 2.45) is 11.5 Å². The van der Waals surface area contributed by atoms with E-state index in [1.54, 1.807) is 29.2 Å². The van der Waals surface area contributed by atoms with Gasteiger partial charge in [0.05, 0.1) is 13.0 Å². The Balaban J connectivity index is 1.89. The standard InChI is InChI=1S/C20H25N3O3/c21-11-5-12-23(15-16-6-2-1-3-7-16)19(24)10-13-26-18-9-4-8-17(14-18)20(22)25/h1-4,6-9,14H,5,10-13,15,21H2,(H2,22,25). The van der Waals surface area contributed by atoms with Crippen molar-refractivity contribution in [3.05, 3.63) is 65.7 Å². The predicted octanol–water partition coefficient (Wildman–Crippen LogP) is 1.93. The third-order valence-electron chi connectivity index (χ3n) is 3.90. The molecule has 138 valence electrons. The number of rotatable bonds is 10. The molecule has 0 aromatic heterocycles. The van der Waals surface area contributed by atoms with Gasteiger partial charge < -0.3 is 21.1 Å². The summed E-state index contributed by atoms with van der Waals surface area (Å²) < 4.78 is 5.59. The lowest BCUT2D eigenvalue weighted by Crippen LogP contribution is -2.33. The first-order chi connectivity index (χ1) is 12.6. The van der Waals surface area contributed by atoms with Gasteiger partial charge in [-0.15, -0.1) is 0 Å². The van der Waals surface area contributed by atoms with Crippen LogP contribution in [0.1, 0.15) is 28.8 Å². The third-order valence-corrected chi connectivity index (χ3v) is 3.90. The molecule has 0 radical (unpaired) electrons. The van der Waals surface area contributed by atoms with Crippen LogP contribution in [0.25, 0.3) is 0 Å². The molecular weight excluding hydrogens is 330 g/mol. The van der Waals surface area contributed by atoms with E-state index in [0.717, 1.165) is 12.0 Å². The molecule has 4 N–H and O–H groups in total. The van der Waals surface area contributed by atoms with Gasteiger partial charge in [0.15, 0.2) is 0 Å². The van der Waals surface area contributed by atoms with Crippen LogP contribution in [0.3, 0.4) is 0 Å². The highest BCUT2D eigenvalue weighted by Crippen LogP contribution is 2.14. The fourth-order valence-corrected chi connectivity index (χ4v) is 2.53. The maximum atomic E-state index is 12.5. The number of nitrogens with two attached hydrogens (primary N) is 2. The Morgan fingerprint density at radius 3 is 2.50 bits per heavy atom. The van der Waals surface area contributed by atoms with Gasteiger partial charge in [-0.05, 0) is 36.7 Å². The average Bonchev–Trinajstić information content (AvgIpc) is 2.66. The highest BCUT2D eigenvalue weighted by Gasteiger charge is 2.14. The van der Waals surface area contributed by atoms with Gasteiger partial charge >= 0.3 is 0 Å². The highest BCUT2D eigenvalue weighted by atomic mass is 16.5. The number of ether oxygens (including phenoxy) is 1. The number of carbonyl (C=O) groups is 2. The second-order valence-corrected chi connectivity index (χ2v) is 5.93. The number of benzene rings is 2. The lowest BCUT2D eigenvalue weighted by atomic mass is 10.2. The zero-order chi connectivity index (χ0) is 18.8. The van der Waals surface area contributed by atoms with E-state index >= 15 is 0 Å². The number of hydrogen-bond acceptors (Lipinski definition) is 4. The topological polar surface area (TPSA) is 98.7 Å². The average molecular weight is 355 g/mol. The fourth-order valence-electron chi connectivity index (χ4n) is 2.53. The number of nitrogens with zero attached hydrogens (tertiary/aromatic N) is 1. The first-order valence-electron chi connectivity index (χ1n) is 8.64. The molecule has 2 rings (SSSR count). The lowest BCUT2D eigenvalue weighted by Gasteiger charge is -2.23. The van der Waals surface area contributed by atoms with Crippen molar-refractivity contribution in [2.75, 3.05) is 19.7 Å². The van der Waals surface area contributed by atoms with Crippen molar-refractivity contribution in [1.82, 2.24) is 4.90 Å². The maximum absolute atomic E-state index is 12.5. The van der Waals surface area contributed by atoms with E-state index in [9.17, 15) is 9.59 Å². The second kappa shape index (κ2) is 10.2. The molecular formula is C20H25N3O3. The molecule has 6 heteroatoms. The molecule has 6 nitrogen and oxygen atoms in total. The van der Waals surface area contributed by atoms with Crippen LogP contribution in [0.4, 0.5) is 0 Å². The molecule has 0 spiro atoms. The van der Waals surface area contributed by atoms with Crippen molar-refractivity contribution < 1.29 is 14.3 Å². The monoisotopic (exact) mass is 355 g/mol. The summed E-state index contributed by atoms with van der Waals surface area (Å²) in [6.07, 6.45) is 0.998. The van der Waals surface area contributed by atoms with E-state index < -0.39 is 5.91 Å². The number of carbonyl (C=O) groups excluding carboxylic acids is 2. The van der Waals surface area contributed by atoms with Crippen molar-refractivity contribution in [1.29, 1.82) is 0 Å². The molecule has 0 aliphatic carbocycles. The fraction of sp³-hybridized carbons (Fsp3) is 0.300. The molecule has 2 amide bonds. The van der Waals surface area contributed by atoms with Gasteiger partial charge in [0, 0.05) is 18.7 Å². The zero-order valence-electron chi connectivity index (χ0n) is 14.8. The Morgan fingerprint density at radius 1 is 1.04 bits per heavy atom. The summed E-state index contributed by atoms with van der Waals surface area (Å²) in [7, 11) is 0. The second-order valence-electron chi connectivity index (χ2n) is 5.93. The maximum Gasteiger partial charge on any atom is 0.248 e. The van der Waals surface area contributed by atoms with Gasteiger partial charge in [-0.25, -0.2) is 0 Å². The van der Waals surface area contributed by atoms with Crippen LogP contribution in [0.2, 0.25) is 0 Å². The van der Waals surface area contributed by atoms with E-state index in [2.05, 4.69) is 0 Å². The van der Waals surface area contributed by atoms with E-state index in [-0.39, 0.29) is 18.9 Å². The van der Waals surface area contributed by atoms with Gasteiger partial charge in [-0.3, -0.25) is 9.59 Å². The van der Waals surface area contributed by atoms with Gasteiger partial charge in [0.2, 0.25) is 11.8 Å². The summed E-state index contributed by atoms with van der Waals surface area (Å²) in [5.74, 6) is 0.0152. The van der Waals surface area contributed by atoms with Crippen molar-refractivity contribution >= 4 is 11.8 Å². The predicted molar refractivity (Wildman–Crippen MR) is 101 cm³/mol. The van der Waals surface area contributed by atoms with Crippen molar-refractivity contribution in [2.45, 2.75) is 19.4 Å². The molecule has 0 unspecified atom stereocenters. The summed E-state index contributed by atoms with van der Waals surface area (Å²) in [6, 6.07) is 16.5. The summed E-state index contributed by atoms with van der Waals surface area (Å²) in [6.45, 7) is 1.93. The quantitative estimate of drug-likeness (QED) is 0.680. The minimum atomic E-state index is -0.512. The molecule has 0 atom stereocenters. The minimum absolute atomic E-state index is 0.00774. The summed E-state index contributed by atoms with van der Waals surface area (Å²) in [4.78, 5) is 25.5. The smallest absolute Gasteiger partial charge is 0.248 e.